The van der Waals surface area contributed by atoms with Gasteiger partial charge in [-0.3, -0.25) is 4.79 Å². The lowest BCUT2D eigenvalue weighted by Crippen LogP contribution is -2.29. The molecule has 1 aliphatic heterocycles. The Morgan fingerprint density at radius 3 is 2.21 bits per heavy atom. The normalized spacial score (nSPS) is 13.2. The van der Waals surface area contributed by atoms with Gasteiger partial charge in [-0.25, -0.2) is 4.79 Å². The van der Waals surface area contributed by atoms with Gasteiger partial charge in [-0.05, 0) is 100 Å². The molecule has 5 rings (SSSR count). The van der Waals surface area contributed by atoms with Crippen LogP contribution in [0.3, 0.4) is 0 Å². The number of para-hydroxylation sites is 2. The van der Waals surface area contributed by atoms with Crippen molar-refractivity contribution in [3.05, 3.63) is 114 Å². The number of rotatable bonds is 9. The number of hydrogen-bond acceptors (Lipinski definition) is 6. The molecule has 0 radical (unpaired) electrons. The first kappa shape index (κ1) is 29.7. The van der Waals surface area contributed by atoms with Crippen molar-refractivity contribution in [2.75, 3.05) is 23.3 Å². The third-order valence-electron chi connectivity index (χ3n) is 7.02. The minimum Gasteiger partial charge on any atom is -0.488 e. The lowest BCUT2D eigenvalue weighted by molar-refractivity contribution is 0.00694. The standard InChI is InChI=1S/C36H38N2O5/c1-36(2,3)43-35(40)27-16-19-29(20-17-27)42-33-15-9-8-14-31(33)37-34(39)30-24-28(38-22-10-5-11-23-38)18-21-32(30)41-25-26-12-6-4-7-13-26/h4,6-9,12-21,24H,5,10-11,22-23,25H2,1-3H3,(H,37,39). The zero-order chi connectivity index (χ0) is 30.2. The van der Waals surface area contributed by atoms with E-state index in [-0.39, 0.29) is 5.91 Å². The fourth-order valence-electron chi connectivity index (χ4n) is 4.88. The molecular weight excluding hydrogens is 540 g/mol. The summed E-state index contributed by atoms with van der Waals surface area (Å²) in [5.41, 5.74) is 2.84. The zero-order valence-electron chi connectivity index (χ0n) is 25.0. The predicted molar refractivity (Wildman–Crippen MR) is 169 cm³/mol. The van der Waals surface area contributed by atoms with Crippen LogP contribution in [0.5, 0.6) is 17.2 Å². The Hall–Kier alpha value is -4.78. The molecule has 0 aromatic heterocycles. The van der Waals surface area contributed by atoms with Crippen LogP contribution in [-0.2, 0) is 11.3 Å². The van der Waals surface area contributed by atoms with Crippen LogP contribution >= 0.6 is 0 Å². The molecule has 4 aromatic carbocycles. The maximum atomic E-state index is 13.8. The first-order chi connectivity index (χ1) is 20.7. The smallest absolute Gasteiger partial charge is 0.338 e. The molecule has 1 amide bonds. The minimum absolute atomic E-state index is 0.293. The van der Waals surface area contributed by atoms with E-state index in [2.05, 4.69) is 10.2 Å². The number of anilines is 2. The SMILES string of the molecule is CC(C)(C)OC(=O)c1ccc(Oc2ccccc2NC(=O)c2cc(N3CCCCC3)ccc2OCc2ccccc2)cc1. The third kappa shape index (κ3) is 8.16. The summed E-state index contributed by atoms with van der Waals surface area (Å²) in [4.78, 5) is 28.5. The molecule has 222 valence electrons. The number of carbonyl (C=O) groups excluding carboxylic acids is 2. The average molecular weight is 579 g/mol. The Balaban J connectivity index is 1.35. The summed E-state index contributed by atoms with van der Waals surface area (Å²) >= 11 is 0. The van der Waals surface area contributed by atoms with Crippen LogP contribution in [0.4, 0.5) is 11.4 Å². The second-order valence-corrected chi connectivity index (χ2v) is 11.6. The fourth-order valence-corrected chi connectivity index (χ4v) is 4.88. The van der Waals surface area contributed by atoms with Gasteiger partial charge in [0, 0.05) is 18.8 Å². The van der Waals surface area contributed by atoms with Crippen molar-refractivity contribution < 1.29 is 23.8 Å². The van der Waals surface area contributed by atoms with Gasteiger partial charge in [0.2, 0.25) is 0 Å². The largest absolute Gasteiger partial charge is 0.488 e. The van der Waals surface area contributed by atoms with Crippen LogP contribution in [0.1, 0.15) is 66.3 Å². The maximum Gasteiger partial charge on any atom is 0.338 e. The molecule has 7 nitrogen and oxygen atoms in total. The van der Waals surface area contributed by atoms with Gasteiger partial charge < -0.3 is 24.4 Å². The van der Waals surface area contributed by atoms with Crippen molar-refractivity contribution in [3.8, 4) is 17.2 Å². The van der Waals surface area contributed by atoms with Crippen LogP contribution in [0, 0.1) is 0 Å². The highest BCUT2D eigenvalue weighted by molar-refractivity contribution is 6.07. The highest BCUT2D eigenvalue weighted by atomic mass is 16.6. The molecule has 1 heterocycles. The number of hydrogen-bond donors (Lipinski definition) is 1. The fraction of sp³-hybridized carbons (Fsp3) is 0.278. The van der Waals surface area contributed by atoms with Crippen molar-refractivity contribution in [2.45, 2.75) is 52.2 Å². The van der Waals surface area contributed by atoms with Gasteiger partial charge in [-0.1, -0.05) is 42.5 Å². The number of amides is 1. The molecule has 4 aromatic rings. The van der Waals surface area contributed by atoms with Gasteiger partial charge >= 0.3 is 5.97 Å². The van der Waals surface area contributed by atoms with Crippen LogP contribution in [0.25, 0.3) is 0 Å². The molecule has 43 heavy (non-hydrogen) atoms. The summed E-state index contributed by atoms with van der Waals surface area (Å²) in [6.07, 6.45) is 3.50. The Labute approximate surface area is 253 Å². The van der Waals surface area contributed by atoms with Crippen LogP contribution in [-0.4, -0.2) is 30.6 Å². The Morgan fingerprint density at radius 2 is 1.49 bits per heavy atom. The van der Waals surface area contributed by atoms with E-state index in [0.717, 1.165) is 37.2 Å². The lowest BCUT2D eigenvalue weighted by Gasteiger charge is -2.29. The summed E-state index contributed by atoms with van der Waals surface area (Å²) in [7, 11) is 0. The summed E-state index contributed by atoms with van der Waals surface area (Å²) in [5, 5.41) is 3.03. The number of esters is 1. The monoisotopic (exact) mass is 578 g/mol. The van der Waals surface area contributed by atoms with Gasteiger partial charge in [0.15, 0.2) is 5.75 Å². The summed E-state index contributed by atoms with van der Waals surface area (Å²) in [6.45, 7) is 7.77. The molecule has 1 aliphatic rings. The van der Waals surface area contributed by atoms with Gasteiger partial charge in [-0.15, -0.1) is 0 Å². The van der Waals surface area contributed by atoms with Crippen LogP contribution < -0.4 is 19.7 Å². The average Bonchev–Trinajstić information content (AvgIpc) is 3.01. The van der Waals surface area contributed by atoms with E-state index < -0.39 is 11.6 Å². The first-order valence-electron chi connectivity index (χ1n) is 14.7. The molecule has 0 aliphatic carbocycles. The molecule has 1 fully saturated rings. The minimum atomic E-state index is -0.580. The van der Waals surface area contributed by atoms with E-state index in [1.807, 2.05) is 81.4 Å². The van der Waals surface area contributed by atoms with E-state index in [9.17, 15) is 9.59 Å². The molecule has 0 spiro atoms. The summed E-state index contributed by atoms with van der Waals surface area (Å²) < 4.78 is 17.7. The molecule has 1 N–H and O–H groups in total. The van der Waals surface area contributed by atoms with E-state index >= 15 is 0 Å². The molecule has 0 bridgehead atoms. The van der Waals surface area contributed by atoms with Crippen LogP contribution in [0.2, 0.25) is 0 Å². The van der Waals surface area contributed by atoms with Gasteiger partial charge in [-0.2, -0.15) is 0 Å². The van der Waals surface area contributed by atoms with Crippen molar-refractivity contribution >= 4 is 23.3 Å². The lowest BCUT2D eigenvalue weighted by atomic mass is 10.1. The van der Waals surface area contributed by atoms with Crippen molar-refractivity contribution in [3.63, 3.8) is 0 Å². The predicted octanol–water partition coefficient (Wildman–Crippen LogP) is 8.26. The van der Waals surface area contributed by atoms with E-state index in [0.29, 0.717) is 40.7 Å². The topological polar surface area (TPSA) is 77.1 Å². The summed E-state index contributed by atoms with van der Waals surface area (Å²) in [5.74, 6) is 0.813. The molecule has 1 saturated heterocycles. The number of piperidine rings is 1. The molecule has 0 atom stereocenters. The summed E-state index contributed by atoms with van der Waals surface area (Å²) in [6, 6.07) is 29.7. The number of benzene rings is 4. The Kier molecular flexibility index (Phi) is 9.30. The maximum absolute atomic E-state index is 13.8. The van der Waals surface area contributed by atoms with E-state index in [1.54, 1.807) is 36.4 Å². The number of carbonyl (C=O) groups is 2. The van der Waals surface area contributed by atoms with Gasteiger partial charge in [0.25, 0.3) is 5.91 Å². The highest BCUT2D eigenvalue weighted by Gasteiger charge is 2.20. The second-order valence-electron chi connectivity index (χ2n) is 11.6. The quantitative estimate of drug-likeness (QED) is 0.202. The van der Waals surface area contributed by atoms with Crippen molar-refractivity contribution in [1.29, 1.82) is 0 Å². The van der Waals surface area contributed by atoms with E-state index in [1.165, 1.54) is 6.42 Å². The Morgan fingerprint density at radius 1 is 0.791 bits per heavy atom. The van der Waals surface area contributed by atoms with Crippen molar-refractivity contribution in [1.82, 2.24) is 0 Å². The third-order valence-corrected chi connectivity index (χ3v) is 7.02. The van der Waals surface area contributed by atoms with Crippen molar-refractivity contribution in [2.24, 2.45) is 0 Å². The molecule has 0 unspecified atom stereocenters. The second kappa shape index (κ2) is 13.5. The first-order valence-corrected chi connectivity index (χ1v) is 14.7. The van der Waals surface area contributed by atoms with E-state index in [4.69, 9.17) is 14.2 Å². The Bertz CT molecular complexity index is 1540. The number of nitrogens with one attached hydrogen (secondary N) is 1. The van der Waals surface area contributed by atoms with Gasteiger partial charge in [0.05, 0.1) is 16.8 Å². The van der Waals surface area contributed by atoms with Crippen LogP contribution in [0.15, 0.2) is 97.1 Å². The molecule has 7 heteroatoms. The molecule has 0 saturated carbocycles. The van der Waals surface area contributed by atoms with Gasteiger partial charge in [0.1, 0.15) is 23.7 Å². The molecular formula is C36H38N2O5. The zero-order valence-corrected chi connectivity index (χ0v) is 25.0. The number of nitrogens with zero attached hydrogens (tertiary/aromatic N) is 1. The number of ether oxygens (including phenoxy) is 3. The highest BCUT2D eigenvalue weighted by Crippen LogP contribution is 2.33.